The molecule has 0 fully saturated rings. The Balaban J connectivity index is 2.28. The van der Waals surface area contributed by atoms with Crippen LogP contribution in [0, 0.1) is 6.92 Å². The van der Waals surface area contributed by atoms with Crippen molar-refractivity contribution in [2.45, 2.75) is 13.8 Å². The highest BCUT2D eigenvalue weighted by molar-refractivity contribution is 6.07. The molecule has 0 unspecified atom stereocenters. The Labute approximate surface area is 135 Å². The van der Waals surface area contributed by atoms with Crippen LogP contribution in [-0.4, -0.2) is 25.6 Å². The average molecular weight is 313 g/mol. The molecule has 5 heteroatoms. The lowest BCUT2D eigenvalue weighted by Gasteiger charge is -2.13. The third-order valence-electron chi connectivity index (χ3n) is 3.43. The van der Waals surface area contributed by atoms with Crippen LogP contribution in [0.2, 0.25) is 0 Å². The summed E-state index contributed by atoms with van der Waals surface area (Å²) in [5, 5.41) is 2.81. The number of methoxy groups -OCH3 is 1. The molecule has 120 valence electrons. The van der Waals surface area contributed by atoms with Crippen molar-refractivity contribution < 1.29 is 19.1 Å². The van der Waals surface area contributed by atoms with E-state index in [4.69, 9.17) is 9.47 Å². The molecule has 1 N–H and O–H groups in total. The van der Waals surface area contributed by atoms with E-state index in [0.717, 1.165) is 0 Å². The smallest absolute Gasteiger partial charge is 0.338 e. The Kier molecular flexibility index (Phi) is 5.36. The van der Waals surface area contributed by atoms with Crippen molar-refractivity contribution in [1.29, 1.82) is 0 Å². The van der Waals surface area contributed by atoms with Gasteiger partial charge in [0, 0.05) is 5.69 Å². The van der Waals surface area contributed by atoms with E-state index in [-0.39, 0.29) is 5.91 Å². The van der Waals surface area contributed by atoms with Crippen LogP contribution in [0.3, 0.4) is 0 Å². The molecule has 23 heavy (non-hydrogen) atoms. The molecule has 2 aromatic rings. The van der Waals surface area contributed by atoms with E-state index < -0.39 is 5.97 Å². The SMILES string of the molecule is CCOC(=O)c1cccc(NC(=O)c2ccccc2OC)c1C. The second kappa shape index (κ2) is 7.45. The fourth-order valence-electron chi connectivity index (χ4n) is 2.22. The van der Waals surface area contributed by atoms with Crippen molar-refractivity contribution >= 4 is 17.6 Å². The predicted octanol–water partition coefficient (Wildman–Crippen LogP) is 3.43. The lowest BCUT2D eigenvalue weighted by Crippen LogP contribution is -2.15. The largest absolute Gasteiger partial charge is 0.496 e. The summed E-state index contributed by atoms with van der Waals surface area (Å²) in [4.78, 5) is 24.4. The molecule has 1 amide bonds. The molecule has 2 rings (SSSR count). The van der Waals surface area contributed by atoms with Crippen LogP contribution in [0.4, 0.5) is 5.69 Å². The first-order valence-corrected chi connectivity index (χ1v) is 7.29. The standard InChI is InChI=1S/C18H19NO4/c1-4-23-18(21)13-9-7-10-15(12(13)2)19-17(20)14-8-5-6-11-16(14)22-3/h5-11H,4H2,1-3H3,(H,19,20). The Morgan fingerprint density at radius 1 is 1.04 bits per heavy atom. The summed E-state index contributed by atoms with van der Waals surface area (Å²) in [5.41, 5.74) is 2.08. The number of hydrogen-bond acceptors (Lipinski definition) is 4. The lowest BCUT2D eigenvalue weighted by molar-refractivity contribution is 0.0525. The van der Waals surface area contributed by atoms with Gasteiger partial charge in [-0.1, -0.05) is 18.2 Å². The maximum atomic E-state index is 12.4. The number of carbonyl (C=O) groups is 2. The van der Waals surface area contributed by atoms with Crippen LogP contribution in [0.5, 0.6) is 5.75 Å². The predicted molar refractivity (Wildman–Crippen MR) is 88.1 cm³/mol. The Bertz CT molecular complexity index is 725. The van der Waals surface area contributed by atoms with Crippen LogP contribution in [0.25, 0.3) is 0 Å². The normalized spacial score (nSPS) is 10.0. The molecule has 0 saturated carbocycles. The highest BCUT2D eigenvalue weighted by Gasteiger charge is 2.16. The molecule has 0 atom stereocenters. The molecule has 2 aromatic carbocycles. The zero-order valence-electron chi connectivity index (χ0n) is 13.4. The molecule has 5 nitrogen and oxygen atoms in total. The number of esters is 1. The fourth-order valence-corrected chi connectivity index (χ4v) is 2.22. The second-order valence-electron chi connectivity index (χ2n) is 4.85. The average Bonchev–Trinajstić information content (AvgIpc) is 2.56. The molecule has 0 heterocycles. The molecule has 0 spiro atoms. The molecular formula is C18H19NO4. The van der Waals surface area contributed by atoms with Crippen molar-refractivity contribution in [1.82, 2.24) is 0 Å². The van der Waals surface area contributed by atoms with Crippen LogP contribution in [-0.2, 0) is 4.74 Å². The van der Waals surface area contributed by atoms with E-state index in [1.165, 1.54) is 7.11 Å². The number of hydrogen-bond donors (Lipinski definition) is 1. The van der Waals surface area contributed by atoms with Crippen LogP contribution < -0.4 is 10.1 Å². The van der Waals surface area contributed by atoms with Gasteiger partial charge in [-0.3, -0.25) is 4.79 Å². The molecule has 0 bridgehead atoms. The van der Waals surface area contributed by atoms with Gasteiger partial charge < -0.3 is 14.8 Å². The highest BCUT2D eigenvalue weighted by atomic mass is 16.5. The summed E-state index contributed by atoms with van der Waals surface area (Å²) in [7, 11) is 1.51. The van der Waals surface area contributed by atoms with E-state index in [2.05, 4.69) is 5.32 Å². The van der Waals surface area contributed by atoms with Gasteiger partial charge in [0.05, 0.1) is 24.8 Å². The molecule has 0 aliphatic carbocycles. The maximum absolute atomic E-state index is 12.4. The number of rotatable bonds is 5. The number of nitrogens with one attached hydrogen (secondary N) is 1. The number of anilines is 1. The van der Waals surface area contributed by atoms with Gasteiger partial charge in [0.15, 0.2) is 0 Å². The van der Waals surface area contributed by atoms with Crippen molar-refractivity contribution in [3.63, 3.8) is 0 Å². The molecule has 0 aliphatic heterocycles. The van der Waals surface area contributed by atoms with E-state index in [0.29, 0.717) is 34.7 Å². The molecular weight excluding hydrogens is 294 g/mol. The summed E-state index contributed by atoms with van der Waals surface area (Å²) in [6, 6.07) is 12.1. The molecule has 0 aromatic heterocycles. The minimum Gasteiger partial charge on any atom is -0.496 e. The second-order valence-corrected chi connectivity index (χ2v) is 4.85. The fraction of sp³-hybridized carbons (Fsp3) is 0.222. The number of benzene rings is 2. The number of para-hydroxylation sites is 1. The number of carbonyl (C=O) groups excluding carboxylic acids is 2. The van der Waals surface area contributed by atoms with E-state index in [9.17, 15) is 9.59 Å². The topological polar surface area (TPSA) is 64.6 Å². The highest BCUT2D eigenvalue weighted by Crippen LogP contribution is 2.23. The minimum atomic E-state index is -0.404. The van der Waals surface area contributed by atoms with E-state index in [1.807, 2.05) is 0 Å². The first-order chi connectivity index (χ1) is 11.1. The van der Waals surface area contributed by atoms with Gasteiger partial charge in [-0.25, -0.2) is 4.79 Å². The van der Waals surface area contributed by atoms with Crippen LogP contribution in [0.1, 0.15) is 33.2 Å². The van der Waals surface area contributed by atoms with Crippen molar-refractivity contribution in [2.75, 3.05) is 19.0 Å². The monoisotopic (exact) mass is 313 g/mol. The molecule has 0 aliphatic rings. The maximum Gasteiger partial charge on any atom is 0.338 e. The number of ether oxygens (including phenoxy) is 2. The van der Waals surface area contributed by atoms with Crippen LogP contribution in [0.15, 0.2) is 42.5 Å². The zero-order chi connectivity index (χ0) is 16.8. The summed E-state index contributed by atoms with van der Waals surface area (Å²) in [5.74, 6) is -0.214. The van der Waals surface area contributed by atoms with Gasteiger partial charge in [-0.15, -0.1) is 0 Å². The van der Waals surface area contributed by atoms with E-state index >= 15 is 0 Å². The lowest BCUT2D eigenvalue weighted by atomic mass is 10.1. The van der Waals surface area contributed by atoms with Gasteiger partial charge in [0.2, 0.25) is 0 Å². The summed E-state index contributed by atoms with van der Waals surface area (Å²) in [6.45, 7) is 3.82. The Morgan fingerprint density at radius 2 is 1.74 bits per heavy atom. The summed E-state index contributed by atoms with van der Waals surface area (Å²) in [6.07, 6.45) is 0. The van der Waals surface area contributed by atoms with Gasteiger partial charge in [0.1, 0.15) is 5.75 Å². The Hall–Kier alpha value is -2.82. The third kappa shape index (κ3) is 3.69. The minimum absolute atomic E-state index is 0.299. The van der Waals surface area contributed by atoms with Gasteiger partial charge in [-0.2, -0.15) is 0 Å². The first kappa shape index (κ1) is 16.5. The summed E-state index contributed by atoms with van der Waals surface area (Å²) >= 11 is 0. The first-order valence-electron chi connectivity index (χ1n) is 7.29. The summed E-state index contributed by atoms with van der Waals surface area (Å²) < 4.78 is 10.2. The quantitative estimate of drug-likeness (QED) is 0.859. The van der Waals surface area contributed by atoms with Gasteiger partial charge in [0.25, 0.3) is 5.91 Å². The zero-order valence-corrected chi connectivity index (χ0v) is 13.4. The third-order valence-corrected chi connectivity index (χ3v) is 3.43. The van der Waals surface area contributed by atoms with Gasteiger partial charge >= 0.3 is 5.97 Å². The van der Waals surface area contributed by atoms with Crippen molar-refractivity contribution in [3.8, 4) is 5.75 Å². The van der Waals surface area contributed by atoms with Crippen LogP contribution >= 0.6 is 0 Å². The molecule has 0 saturated heterocycles. The Morgan fingerprint density at radius 3 is 2.43 bits per heavy atom. The number of amides is 1. The van der Waals surface area contributed by atoms with Crippen molar-refractivity contribution in [3.05, 3.63) is 59.2 Å². The van der Waals surface area contributed by atoms with Crippen molar-refractivity contribution in [2.24, 2.45) is 0 Å². The van der Waals surface area contributed by atoms with Gasteiger partial charge in [-0.05, 0) is 43.7 Å². The molecule has 0 radical (unpaired) electrons. The van der Waals surface area contributed by atoms with E-state index in [1.54, 1.807) is 56.3 Å².